The Morgan fingerprint density at radius 1 is 1.43 bits per heavy atom. The third kappa shape index (κ3) is 3.29. The summed E-state index contributed by atoms with van der Waals surface area (Å²) in [5.74, 6) is -0.190. The number of methoxy groups -OCH3 is 1. The van der Waals surface area contributed by atoms with E-state index in [1.807, 2.05) is 0 Å². The molecule has 0 unspecified atom stereocenters. The number of aromatic hydroxyl groups is 1. The Kier molecular flexibility index (Phi) is 5.17. The summed E-state index contributed by atoms with van der Waals surface area (Å²) in [5, 5.41) is 9.10. The minimum Gasteiger partial charge on any atom is -1.00 e. The van der Waals surface area contributed by atoms with Gasteiger partial charge in [-0.15, -0.1) is 0 Å². The average molecular weight is 246 g/mol. The summed E-state index contributed by atoms with van der Waals surface area (Å²) in [5.41, 5.74) is 0. The Labute approximate surface area is 114 Å². The first-order chi connectivity index (χ1) is 5.95. The molecule has 0 aliphatic rings. The van der Waals surface area contributed by atoms with Crippen LogP contribution < -0.4 is 4.74 Å². The summed E-state index contributed by atoms with van der Waals surface area (Å²) in [6.45, 7) is 0. The van der Waals surface area contributed by atoms with E-state index in [4.69, 9.17) is 9.66 Å². The molecule has 0 radical (unpaired) electrons. The van der Waals surface area contributed by atoms with E-state index in [2.05, 4.69) is 4.74 Å². The van der Waals surface area contributed by atoms with Gasteiger partial charge in [-0.25, -0.2) is 0 Å². The zero-order valence-electron chi connectivity index (χ0n) is 9.47. The van der Waals surface area contributed by atoms with Crippen molar-refractivity contribution in [3.8, 4) is 11.5 Å². The second-order valence-electron chi connectivity index (χ2n) is 2.31. The molecule has 2 N–H and O–H groups in total. The van der Waals surface area contributed by atoms with E-state index >= 15 is 0 Å². The molecule has 0 saturated heterocycles. The monoisotopic (exact) mass is 246 g/mol. The van der Waals surface area contributed by atoms with Gasteiger partial charge in [0.2, 0.25) is 0 Å². The van der Waals surface area contributed by atoms with Gasteiger partial charge in [-0.2, -0.15) is 8.42 Å². The zero-order valence-corrected chi connectivity index (χ0v) is 10.5. The maximum absolute atomic E-state index is 10.6. The van der Waals surface area contributed by atoms with Gasteiger partial charge in [0, 0.05) is 6.07 Å². The fourth-order valence-corrected chi connectivity index (χ4v) is 1.31. The number of rotatable bonds is 2. The first-order valence-corrected chi connectivity index (χ1v) is 4.73. The van der Waals surface area contributed by atoms with Crippen molar-refractivity contribution >= 4 is 47.9 Å². The van der Waals surface area contributed by atoms with Crippen LogP contribution >= 0.6 is 0 Å². The second kappa shape index (κ2) is 5.18. The quantitative estimate of drug-likeness (QED) is 0.586. The predicted molar refractivity (Wildman–Crippen MR) is 52.5 cm³/mol. The van der Waals surface area contributed by atoms with Crippen molar-refractivity contribution in [2.24, 2.45) is 0 Å². The second-order valence-corrected chi connectivity index (χ2v) is 3.73. The molecule has 0 fully saturated rings. The molecule has 1 aromatic rings. The molecule has 0 amide bonds. The molecule has 0 atom stereocenters. The summed E-state index contributed by atoms with van der Waals surface area (Å²) in [6, 6.07) is 3.24. The number of benzene rings is 1. The molecule has 0 heterocycles. The van der Waals surface area contributed by atoms with Gasteiger partial charge < -0.3 is 12.7 Å². The molecule has 1 rings (SSSR count). The smallest absolute Gasteiger partial charge is 1.00 e. The van der Waals surface area contributed by atoms with E-state index in [0.29, 0.717) is 0 Å². The minimum atomic E-state index is -4.24. The molecule has 1 aromatic carbocycles. The van der Waals surface area contributed by atoms with Gasteiger partial charge in [0.15, 0.2) is 11.5 Å². The van der Waals surface area contributed by atoms with Gasteiger partial charge in [0.05, 0.1) is 12.0 Å². The van der Waals surface area contributed by atoms with Gasteiger partial charge in [-0.1, -0.05) is 0 Å². The van der Waals surface area contributed by atoms with Crippen LogP contribution in [0.15, 0.2) is 23.1 Å². The molecule has 76 valence electrons. The summed E-state index contributed by atoms with van der Waals surface area (Å²) >= 11 is 0. The van der Waals surface area contributed by atoms with E-state index in [1.54, 1.807) is 0 Å². The Bertz CT molecular complexity index is 423. The summed E-state index contributed by atoms with van der Waals surface area (Å²) < 4.78 is 34.6. The molecule has 0 spiro atoms. The van der Waals surface area contributed by atoms with E-state index in [1.165, 1.54) is 7.11 Å². The van der Waals surface area contributed by atoms with Crippen LogP contribution in [-0.2, 0) is 10.1 Å². The molecule has 0 aliphatic carbocycles. The molecule has 0 bridgehead atoms. The van der Waals surface area contributed by atoms with E-state index < -0.39 is 10.1 Å². The molecule has 0 aromatic heterocycles. The largest absolute Gasteiger partial charge is 2.00 e. The number of ether oxygens (including phenoxy) is 1. The number of phenolic OH excluding ortho intramolecular Hbond substituents is 1. The van der Waals surface area contributed by atoms with Gasteiger partial charge in [0.1, 0.15) is 0 Å². The number of hydrogen-bond donors (Lipinski definition) is 2. The van der Waals surface area contributed by atoms with E-state index in [0.717, 1.165) is 18.2 Å². The minimum absolute atomic E-state index is 0. The Balaban J connectivity index is -0.000000563. The first kappa shape index (κ1) is 14.0. The van der Waals surface area contributed by atoms with Crippen LogP contribution in [0.4, 0.5) is 0 Å². The average Bonchev–Trinajstić information content (AvgIpc) is 2.03. The number of hydrogen-bond acceptors (Lipinski definition) is 4. The third-order valence-electron chi connectivity index (χ3n) is 1.45. The van der Waals surface area contributed by atoms with Crippen molar-refractivity contribution in [3.05, 3.63) is 18.2 Å². The maximum Gasteiger partial charge on any atom is 2.00 e. The van der Waals surface area contributed by atoms with Crippen molar-refractivity contribution in [2.75, 3.05) is 7.11 Å². The third-order valence-corrected chi connectivity index (χ3v) is 2.30. The molecule has 14 heavy (non-hydrogen) atoms. The van der Waals surface area contributed by atoms with Crippen molar-refractivity contribution in [3.63, 3.8) is 0 Å². The fraction of sp³-hybridized carbons (Fsp3) is 0.143. The van der Waals surface area contributed by atoms with Crippen LogP contribution in [0.2, 0.25) is 0 Å². The first-order valence-electron chi connectivity index (χ1n) is 3.29. The van der Waals surface area contributed by atoms with Crippen molar-refractivity contribution in [1.82, 2.24) is 0 Å². The van der Waals surface area contributed by atoms with Crippen LogP contribution in [0.25, 0.3) is 0 Å². The molecule has 0 aliphatic heterocycles. The summed E-state index contributed by atoms with van der Waals surface area (Å²) in [6.07, 6.45) is 0. The van der Waals surface area contributed by atoms with Crippen LogP contribution in [-0.4, -0.2) is 62.9 Å². The molecule has 0 saturated carbocycles. The van der Waals surface area contributed by atoms with Gasteiger partial charge in [-0.3, -0.25) is 4.55 Å². The Morgan fingerprint density at radius 3 is 2.43 bits per heavy atom. The van der Waals surface area contributed by atoms with Crippen molar-refractivity contribution in [2.45, 2.75) is 4.90 Å². The summed E-state index contributed by atoms with van der Waals surface area (Å²) in [4.78, 5) is -0.317. The Hall–Kier alpha value is -0.0103. The van der Waals surface area contributed by atoms with Crippen LogP contribution in [0.1, 0.15) is 2.85 Å². The normalized spacial score (nSPS) is 10.4. The molecular formula is C7H10CaO5S. The predicted octanol–water partition coefficient (Wildman–Crippen LogP) is 0.492. The molecule has 7 heteroatoms. The van der Waals surface area contributed by atoms with Gasteiger partial charge in [-0.05, 0) is 12.1 Å². The topological polar surface area (TPSA) is 83.8 Å². The van der Waals surface area contributed by atoms with Crippen LogP contribution in [0.5, 0.6) is 11.5 Å². The zero-order chi connectivity index (χ0) is 10.1. The standard InChI is InChI=1S/C7H8O5S.Ca.2H/c1-12-7-4-5(13(9,10)11)2-3-6(7)8;;;/h2-4,8H,1H3,(H,9,10,11);;;/q;+2;2*-1. The van der Waals surface area contributed by atoms with E-state index in [-0.39, 0.29) is 57.0 Å². The van der Waals surface area contributed by atoms with Crippen molar-refractivity contribution < 1.29 is 25.7 Å². The van der Waals surface area contributed by atoms with E-state index in [9.17, 15) is 8.42 Å². The number of phenols is 1. The van der Waals surface area contributed by atoms with Crippen LogP contribution in [0, 0.1) is 0 Å². The Morgan fingerprint density at radius 2 is 2.00 bits per heavy atom. The summed E-state index contributed by atoms with van der Waals surface area (Å²) in [7, 11) is -2.96. The fourth-order valence-electron chi connectivity index (χ4n) is 0.818. The van der Waals surface area contributed by atoms with Gasteiger partial charge in [0.25, 0.3) is 10.1 Å². The van der Waals surface area contributed by atoms with Gasteiger partial charge >= 0.3 is 37.7 Å². The van der Waals surface area contributed by atoms with Crippen LogP contribution in [0.3, 0.4) is 0 Å². The molecular weight excluding hydrogens is 236 g/mol. The SMILES string of the molecule is COc1cc(S(=O)(=O)O)ccc1O.[Ca+2].[H-].[H-]. The maximum atomic E-state index is 10.6. The van der Waals surface area contributed by atoms with Crippen molar-refractivity contribution in [1.29, 1.82) is 0 Å². The molecule has 5 nitrogen and oxygen atoms in total.